The lowest BCUT2D eigenvalue weighted by Gasteiger charge is -2.30. The van der Waals surface area contributed by atoms with E-state index in [1.165, 1.54) is 19.2 Å². The molecule has 2 aromatic carbocycles. The van der Waals surface area contributed by atoms with Crippen molar-refractivity contribution in [1.82, 2.24) is 0 Å². The molecule has 0 saturated heterocycles. The number of carbonyl (C=O) groups is 3. The minimum Gasteiger partial charge on any atom is -0.507 e. The Morgan fingerprint density at radius 1 is 1.04 bits per heavy atom. The summed E-state index contributed by atoms with van der Waals surface area (Å²) in [4.78, 5) is 38.8. The minimum absolute atomic E-state index is 0.0372. The first-order valence-electron chi connectivity index (χ1n) is 8.24. The molecule has 0 aromatic heterocycles. The zero-order valence-corrected chi connectivity index (χ0v) is 14.2. The van der Waals surface area contributed by atoms with Crippen LogP contribution in [-0.4, -0.2) is 34.7 Å². The van der Waals surface area contributed by atoms with Crippen molar-refractivity contribution in [2.75, 3.05) is 7.11 Å². The molecule has 26 heavy (non-hydrogen) atoms. The highest BCUT2D eigenvalue weighted by Gasteiger charge is 2.42. The summed E-state index contributed by atoms with van der Waals surface area (Å²) in [5, 5.41) is 20.9. The topological polar surface area (TPSA) is 101 Å². The van der Waals surface area contributed by atoms with Crippen LogP contribution in [0.15, 0.2) is 24.3 Å². The van der Waals surface area contributed by atoms with Crippen LogP contribution in [0.5, 0.6) is 11.5 Å². The number of benzene rings is 2. The summed E-state index contributed by atoms with van der Waals surface area (Å²) in [6.07, 6.45) is -0.925. The van der Waals surface area contributed by atoms with E-state index in [1.807, 2.05) is 0 Å². The minimum atomic E-state index is -0.992. The number of aliphatic hydroxyl groups is 1. The first kappa shape index (κ1) is 16.5. The Kier molecular flexibility index (Phi) is 3.49. The average molecular weight is 352 g/mol. The zero-order valence-electron chi connectivity index (χ0n) is 14.2. The van der Waals surface area contributed by atoms with Gasteiger partial charge in [-0.15, -0.1) is 0 Å². The van der Waals surface area contributed by atoms with Crippen molar-refractivity contribution in [2.24, 2.45) is 5.92 Å². The Balaban J connectivity index is 2.08. The lowest BCUT2D eigenvalue weighted by atomic mass is 9.73. The molecule has 0 radical (unpaired) electrons. The van der Waals surface area contributed by atoms with E-state index >= 15 is 0 Å². The van der Waals surface area contributed by atoms with Gasteiger partial charge in [-0.2, -0.15) is 0 Å². The quantitative estimate of drug-likeness (QED) is 0.698. The third-order valence-electron chi connectivity index (χ3n) is 5.15. The van der Waals surface area contributed by atoms with Gasteiger partial charge in [-0.1, -0.05) is 19.1 Å². The van der Waals surface area contributed by atoms with Gasteiger partial charge in [-0.3, -0.25) is 14.4 Å². The Labute approximate surface area is 149 Å². The van der Waals surface area contributed by atoms with Crippen molar-refractivity contribution in [1.29, 1.82) is 0 Å². The number of ketones is 3. The molecule has 2 aromatic rings. The van der Waals surface area contributed by atoms with E-state index in [9.17, 15) is 24.6 Å². The molecule has 0 amide bonds. The fourth-order valence-corrected chi connectivity index (χ4v) is 3.88. The van der Waals surface area contributed by atoms with Gasteiger partial charge in [-0.25, -0.2) is 0 Å². The smallest absolute Gasteiger partial charge is 0.202 e. The van der Waals surface area contributed by atoms with Gasteiger partial charge in [0.15, 0.2) is 11.6 Å². The van der Waals surface area contributed by atoms with Crippen LogP contribution in [0.25, 0.3) is 0 Å². The second-order valence-corrected chi connectivity index (χ2v) is 6.70. The molecule has 0 heterocycles. The predicted molar refractivity (Wildman–Crippen MR) is 91.0 cm³/mol. The van der Waals surface area contributed by atoms with Crippen LogP contribution in [0.3, 0.4) is 0 Å². The molecular formula is C20H16O6. The number of phenols is 1. The highest BCUT2D eigenvalue weighted by Crippen LogP contribution is 2.44. The van der Waals surface area contributed by atoms with Crippen molar-refractivity contribution < 1.29 is 29.3 Å². The van der Waals surface area contributed by atoms with Gasteiger partial charge in [0.2, 0.25) is 5.78 Å². The molecule has 2 N–H and O–H groups in total. The summed E-state index contributed by atoms with van der Waals surface area (Å²) < 4.78 is 5.19. The molecule has 6 nitrogen and oxygen atoms in total. The monoisotopic (exact) mass is 352 g/mol. The van der Waals surface area contributed by atoms with Crippen LogP contribution in [0.2, 0.25) is 0 Å². The Morgan fingerprint density at radius 3 is 2.46 bits per heavy atom. The van der Waals surface area contributed by atoms with Crippen molar-refractivity contribution in [2.45, 2.75) is 19.4 Å². The fraction of sp³-hybridized carbons (Fsp3) is 0.250. The largest absolute Gasteiger partial charge is 0.507 e. The number of phenolic OH excluding ortho intramolecular Hbond substituents is 1. The number of methoxy groups -OCH3 is 1. The summed E-state index contributed by atoms with van der Waals surface area (Å²) in [7, 11) is 1.39. The molecule has 2 aliphatic rings. The van der Waals surface area contributed by atoms with Gasteiger partial charge in [-0.05, 0) is 23.6 Å². The molecule has 132 valence electrons. The molecule has 2 unspecified atom stereocenters. The average Bonchev–Trinajstić information content (AvgIpc) is 2.62. The summed E-state index contributed by atoms with van der Waals surface area (Å²) in [5.41, 5.74) is 0.0887. The molecule has 6 heteroatoms. The van der Waals surface area contributed by atoms with E-state index in [1.54, 1.807) is 19.1 Å². The fourth-order valence-electron chi connectivity index (χ4n) is 3.88. The number of hydrogen-bond acceptors (Lipinski definition) is 6. The molecular weight excluding hydrogens is 336 g/mol. The SMILES string of the molecule is COc1cccc2c1C(=O)c1c(O)cc3c(c1C2=O)C(=O)CC(C)C3O. The number of rotatable bonds is 1. The van der Waals surface area contributed by atoms with Crippen LogP contribution in [0.1, 0.15) is 67.2 Å². The highest BCUT2D eigenvalue weighted by atomic mass is 16.5. The molecule has 2 atom stereocenters. The molecule has 0 spiro atoms. The van der Waals surface area contributed by atoms with Crippen LogP contribution in [0.4, 0.5) is 0 Å². The molecule has 0 saturated carbocycles. The number of ether oxygens (including phenoxy) is 1. The van der Waals surface area contributed by atoms with Crippen molar-refractivity contribution >= 4 is 17.3 Å². The number of hydrogen-bond donors (Lipinski definition) is 2. The number of Topliss-reactive ketones (excluding diaryl/α,β-unsaturated/α-hetero) is 1. The van der Waals surface area contributed by atoms with Gasteiger partial charge in [0.25, 0.3) is 0 Å². The van der Waals surface area contributed by atoms with Crippen molar-refractivity contribution in [3.8, 4) is 11.5 Å². The van der Waals surface area contributed by atoms with E-state index in [-0.39, 0.29) is 57.3 Å². The van der Waals surface area contributed by atoms with E-state index in [0.717, 1.165) is 0 Å². The second kappa shape index (κ2) is 5.51. The highest BCUT2D eigenvalue weighted by molar-refractivity contribution is 6.32. The maximum atomic E-state index is 13.1. The van der Waals surface area contributed by atoms with Gasteiger partial charge < -0.3 is 14.9 Å². The Bertz CT molecular complexity index is 1000. The lowest BCUT2D eigenvalue weighted by Crippen LogP contribution is -2.30. The predicted octanol–water partition coefficient (Wildman–Crippen LogP) is 2.43. The first-order chi connectivity index (χ1) is 12.4. The van der Waals surface area contributed by atoms with Crippen LogP contribution < -0.4 is 4.74 Å². The summed E-state index contributed by atoms with van der Waals surface area (Å²) in [6, 6.07) is 5.85. The first-order valence-corrected chi connectivity index (χ1v) is 8.24. The lowest BCUT2D eigenvalue weighted by molar-refractivity contribution is 0.0744. The number of fused-ring (bicyclic) bond motifs is 4. The van der Waals surface area contributed by atoms with E-state index in [0.29, 0.717) is 0 Å². The molecule has 0 fully saturated rings. The molecule has 2 aliphatic carbocycles. The van der Waals surface area contributed by atoms with Gasteiger partial charge >= 0.3 is 0 Å². The summed E-state index contributed by atoms with van der Waals surface area (Å²) >= 11 is 0. The van der Waals surface area contributed by atoms with Crippen molar-refractivity contribution in [3.63, 3.8) is 0 Å². The van der Waals surface area contributed by atoms with E-state index < -0.39 is 23.4 Å². The van der Waals surface area contributed by atoms with E-state index in [4.69, 9.17) is 4.74 Å². The van der Waals surface area contributed by atoms with E-state index in [2.05, 4.69) is 0 Å². The Hall–Kier alpha value is -2.99. The second-order valence-electron chi connectivity index (χ2n) is 6.70. The number of carbonyl (C=O) groups excluding carboxylic acids is 3. The molecule has 4 rings (SSSR count). The maximum Gasteiger partial charge on any atom is 0.202 e. The summed E-state index contributed by atoms with van der Waals surface area (Å²) in [6.45, 7) is 1.72. The standard InChI is InChI=1S/C20H16O6/c1-8-6-11(21)14-10(18(8)23)7-12(22)16-17(14)19(24)9-4-3-5-13(26-2)15(9)20(16)25/h3-5,7-8,18,22-23H,6H2,1-2H3. The maximum absolute atomic E-state index is 13.1. The van der Waals surface area contributed by atoms with Gasteiger partial charge in [0, 0.05) is 23.1 Å². The normalized spacial score (nSPS) is 21.1. The third kappa shape index (κ3) is 1.99. The van der Waals surface area contributed by atoms with Gasteiger partial charge in [0.05, 0.1) is 24.3 Å². The number of aromatic hydroxyl groups is 1. The van der Waals surface area contributed by atoms with Gasteiger partial charge in [0.1, 0.15) is 11.5 Å². The van der Waals surface area contributed by atoms with Crippen molar-refractivity contribution in [3.05, 3.63) is 57.6 Å². The molecule has 0 aliphatic heterocycles. The van der Waals surface area contributed by atoms with Crippen LogP contribution >= 0.6 is 0 Å². The number of aliphatic hydroxyl groups excluding tert-OH is 1. The van der Waals surface area contributed by atoms with Crippen LogP contribution in [0, 0.1) is 5.92 Å². The third-order valence-corrected chi connectivity index (χ3v) is 5.15. The summed E-state index contributed by atoms with van der Waals surface area (Å²) in [5.74, 6) is -1.96. The Morgan fingerprint density at radius 2 is 1.77 bits per heavy atom. The van der Waals surface area contributed by atoms with Crippen LogP contribution in [-0.2, 0) is 0 Å². The molecule has 0 bridgehead atoms. The zero-order chi connectivity index (χ0) is 18.7.